The number of hydrogen-bond acceptors (Lipinski definition) is 7. The van der Waals surface area contributed by atoms with Crippen LogP contribution in [0.3, 0.4) is 0 Å². The van der Waals surface area contributed by atoms with Crippen molar-refractivity contribution in [2.75, 3.05) is 46.4 Å². The molecule has 4 saturated heterocycles. The number of rotatable bonds is 3. The Balaban J connectivity index is 1.48. The lowest BCUT2D eigenvalue weighted by atomic mass is 10.1. The molecular formula is C13H21N5O2. The fourth-order valence-electron chi connectivity index (χ4n) is 3.46. The van der Waals surface area contributed by atoms with Crippen LogP contribution in [-0.4, -0.2) is 72.4 Å². The summed E-state index contributed by atoms with van der Waals surface area (Å²) >= 11 is 0. The third-order valence-corrected chi connectivity index (χ3v) is 4.76. The van der Waals surface area contributed by atoms with E-state index in [9.17, 15) is 0 Å². The van der Waals surface area contributed by atoms with Gasteiger partial charge in [0.2, 0.25) is 5.89 Å². The molecule has 0 spiro atoms. The highest BCUT2D eigenvalue weighted by molar-refractivity contribution is 5.04. The predicted octanol–water partition coefficient (Wildman–Crippen LogP) is -0.209. The SMILES string of the molecule is CO[C@@H]1CN[C@@H](c2nc(C3CN4CCN3CC4)no2)C1. The van der Waals surface area contributed by atoms with Gasteiger partial charge in [-0.1, -0.05) is 5.16 Å². The lowest BCUT2D eigenvalue weighted by molar-refractivity contribution is 0.00781. The molecule has 0 saturated carbocycles. The van der Waals surface area contributed by atoms with Crippen LogP contribution in [0.5, 0.6) is 0 Å². The molecule has 0 amide bonds. The van der Waals surface area contributed by atoms with Crippen LogP contribution in [0.2, 0.25) is 0 Å². The molecule has 1 aromatic heterocycles. The summed E-state index contributed by atoms with van der Waals surface area (Å²) in [5, 5.41) is 7.60. The molecule has 4 aliphatic heterocycles. The number of methoxy groups -OCH3 is 1. The molecule has 1 aromatic rings. The Hall–Kier alpha value is -1.02. The summed E-state index contributed by atoms with van der Waals surface area (Å²) in [5.74, 6) is 1.55. The van der Waals surface area contributed by atoms with Gasteiger partial charge in [-0.25, -0.2) is 0 Å². The summed E-state index contributed by atoms with van der Waals surface area (Å²) in [5.41, 5.74) is 0. The Kier molecular flexibility index (Phi) is 3.22. The molecule has 1 N–H and O–H groups in total. The first-order valence-corrected chi connectivity index (χ1v) is 7.39. The van der Waals surface area contributed by atoms with Gasteiger partial charge in [0.25, 0.3) is 0 Å². The minimum Gasteiger partial charge on any atom is -0.380 e. The summed E-state index contributed by atoms with van der Waals surface area (Å²) in [4.78, 5) is 9.59. The normalized spacial score (nSPS) is 40.4. The molecule has 7 heteroatoms. The zero-order chi connectivity index (χ0) is 13.5. The third kappa shape index (κ3) is 2.14. The van der Waals surface area contributed by atoms with Crippen LogP contribution >= 0.6 is 0 Å². The second kappa shape index (κ2) is 5.07. The van der Waals surface area contributed by atoms with Crippen molar-refractivity contribution in [2.45, 2.75) is 24.6 Å². The fraction of sp³-hybridized carbons (Fsp3) is 0.846. The Morgan fingerprint density at radius 3 is 2.80 bits per heavy atom. The number of piperazine rings is 3. The van der Waals surface area contributed by atoms with Crippen LogP contribution in [0.4, 0.5) is 0 Å². The van der Waals surface area contributed by atoms with E-state index in [2.05, 4.69) is 25.3 Å². The molecule has 3 atom stereocenters. The van der Waals surface area contributed by atoms with Gasteiger partial charge in [0.05, 0.1) is 18.2 Å². The molecule has 0 aliphatic carbocycles. The fourth-order valence-corrected chi connectivity index (χ4v) is 3.46. The quantitative estimate of drug-likeness (QED) is 0.821. The van der Waals surface area contributed by atoms with Gasteiger partial charge in [-0.3, -0.25) is 9.80 Å². The molecule has 7 nitrogen and oxygen atoms in total. The number of ether oxygens (including phenoxy) is 1. The number of nitrogens with zero attached hydrogens (tertiary/aromatic N) is 4. The largest absolute Gasteiger partial charge is 0.380 e. The lowest BCUT2D eigenvalue weighted by Gasteiger charge is -2.46. The molecule has 4 aliphatic rings. The molecule has 4 fully saturated rings. The van der Waals surface area contributed by atoms with E-state index in [0.717, 1.165) is 38.4 Å². The standard InChI is InChI=1S/C13H21N5O2/c1-19-9-6-10(14-7-9)13-15-12(16-20-13)11-8-17-2-4-18(11)5-3-17/h9-11,14H,2-8H2,1H3/t9-,10+,11?/m0/s1. The van der Waals surface area contributed by atoms with Gasteiger partial charge in [-0.15, -0.1) is 0 Å². The second-order valence-electron chi connectivity index (χ2n) is 5.90. The number of fused-ring (bicyclic) bond motifs is 3. The minimum absolute atomic E-state index is 0.136. The van der Waals surface area contributed by atoms with Gasteiger partial charge in [-0.05, 0) is 6.42 Å². The van der Waals surface area contributed by atoms with Crippen molar-refractivity contribution in [1.82, 2.24) is 25.3 Å². The molecule has 20 heavy (non-hydrogen) atoms. The van der Waals surface area contributed by atoms with E-state index < -0.39 is 0 Å². The van der Waals surface area contributed by atoms with Crippen molar-refractivity contribution in [2.24, 2.45) is 0 Å². The molecule has 2 bridgehead atoms. The zero-order valence-corrected chi connectivity index (χ0v) is 11.8. The maximum Gasteiger partial charge on any atom is 0.243 e. The van der Waals surface area contributed by atoms with E-state index in [0.29, 0.717) is 11.9 Å². The van der Waals surface area contributed by atoms with Gasteiger partial charge in [0.15, 0.2) is 5.82 Å². The smallest absolute Gasteiger partial charge is 0.243 e. The van der Waals surface area contributed by atoms with E-state index in [1.807, 2.05) is 0 Å². The van der Waals surface area contributed by atoms with E-state index in [1.165, 1.54) is 13.1 Å². The van der Waals surface area contributed by atoms with E-state index >= 15 is 0 Å². The highest BCUT2D eigenvalue weighted by atomic mass is 16.5. The number of aromatic nitrogens is 2. The molecule has 5 rings (SSSR count). The Morgan fingerprint density at radius 1 is 1.30 bits per heavy atom. The monoisotopic (exact) mass is 279 g/mol. The molecule has 110 valence electrons. The first-order valence-electron chi connectivity index (χ1n) is 7.39. The van der Waals surface area contributed by atoms with E-state index in [-0.39, 0.29) is 12.1 Å². The maximum atomic E-state index is 5.48. The van der Waals surface area contributed by atoms with Crippen LogP contribution in [0.15, 0.2) is 4.52 Å². The third-order valence-electron chi connectivity index (χ3n) is 4.76. The van der Waals surface area contributed by atoms with E-state index in [4.69, 9.17) is 9.26 Å². The summed E-state index contributed by atoms with van der Waals surface area (Å²) in [6, 6.07) is 0.437. The average Bonchev–Trinajstić information content (AvgIpc) is 3.17. The van der Waals surface area contributed by atoms with Crippen molar-refractivity contribution in [1.29, 1.82) is 0 Å². The molecule has 5 heterocycles. The summed E-state index contributed by atoms with van der Waals surface area (Å²) in [6.07, 6.45) is 1.15. The van der Waals surface area contributed by atoms with Crippen molar-refractivity contribution in [3.8, 4) is 0 Å². The summed E-state index contributed by atoms with van der Waals surface area (Å²) in [7, 11) is 1.74. The van der Waals surface area contributed by atoms with Crippen LogP contribution in [-0.2, 0) is 4.74 Å². The van der Waals surface area contributed by atoms with Crippen molar-refractivity contribution in [3.05, 3.63) is 11.7 Å². The van der Waals surface area contributed by atoms with Gasteiger partial charge >= 0.3 is 0 Å². The molecular weight excluding hydrogens is 258 g/mol. The van der Waals surface area contributed by atoms with Crippen molar-refractivity contribution in [3.63, 3.8) is 0 Å². The predicted molar refractivity (Wildman–Crippen MR) is 71.2 cm³/mol. The molecule has 1 unspecified atom stereocenters. The topological polar surface area (TPSA) is 66.7 Å². The highest BCUT2D eigenvalue weighted by Crippen LogP contribution is 2.29. The van der Waals surface area contributed by atoms with Gasteiger partial charge < -0.3 is 14.6 Å². The van der Waals surface area contributed by atoms with Crippen molar-refractivity contribution >= 4 is 0 Å². The molecule has 0 aromatic carbocycles. The number of hydrogen-bond donors (Lipinski definition) is 1. The van der Waals surface area contributed by atoms with Crippen LogP contribution in [0.25, 0.3) is 0 Å². The maximum absolute atomic E-state index is 5.48. The Bertz CT molecular complexity index is 471. The first kappa shape index (κ1) is 12.7. The molecule has 0 radical (unpaired) electrons. The first-order chi connectivity index (χ1) is 9.83. The lowest BCUT2D eigenvalue weighted by Crippen LogP contribution is -2.57. The average molecular weight is 279 g/mol. The van der Waals surface area contributed by atoms with Gasteiger partial charge in [0, 0.05) is 46.4 Å². The van der Waals surface area contributed by atoms with E-state index in [1.54, 1.807) is 7.11 Å². The van der Waals surface area contributed by atoms with Crippen LogP contribution < -0.4 is 5.32 Å². The zero-order valence-electron chi connectivity index (χ0n) is 11.8. The van der Waals surface area contributed by atoms with Gasteiger partial charge in [0.1, 0.15) is 0 Å². The Labute approximate surface area is 118 Å². The Morgan fingerprint density at radius 2 is 2.15 bits per heavy atom. The second-order valence-corrected chi connectivity index (χ2v) is 5.90. The van der Waals surface area contributed by atoms with Gasteiger partial charge in [-0.2, -0.15) is 4.98 Å². The number of nitrogens with one attached hydrogen (secondary N) is 1. The minimum atomic E-state index is 0.136. The van der Waals surface area contributed by atoms with Crippen molar-refractivity contribution < 1.29 is 9.26 Å². The van der Waals surface area contributed by atoms with Crippen LogP contribution in [0, 0.1) is 0 Å². The summed E-state index contributed by atoms with van der Waals surface area (Å²) in [6.45, 7) is 6.44. The van der Waals surface area contributed by atoms with Crippen LogP contribution in [0.1, 0.15) is 30.2 Å². The summed E-state index contributed by atoms with van der Waals surface area (Å²) < 4.78 is 10.8. The highest BCUT2D eigenvalue weighted by Gasteiger charge is 2.37.